The molecule has 0 aliphatic heterocycles. The fourth-order valence-corrected chi connectivity index (χ4v) is 2.53. The number of hydrogen-bond donors (Lipinski definition) is 1. The Morgan fingerprint density at radius 1 is 1.12 bits per heavy atom. The van der Waals surface area contributed by atoms with E-state index in [2.05, 4.69) is 27.2 Å². The summed E-state index contributed by atoms with van der Waals surface area (Å²) >= 11 is 0. The van der Waals surface area contributed by atoms with Crippen LogP contribution in [0.5, 0.6) is 0 Å². The number of amides is 1. The average molecular weight is 335 g/mol. The Balaban J connectivity index is 1.75. The summed E-state index contributed by atoms with van der Waals surface area (Å²) in [4.78, 5) is 27.4. The van der Waals surface area contributed by atoms with Gasteiger partial charge in [0.1, 0.15) is 0 Å². The van der Waals surface area contributed by atoms with Gasteiger partial charge in [-0.15, -0.1) is 0 Å². The van der Waals surface area contributed by atoms with Crippen molar-refractivity contribution < 1.29 is 4.79 Å². The van der Waals surface area contributed by atoms with Gasteiger partial charge in [-0.3, -0.25) is 9.78 Å². The van der Waals surface area contributed by atoms with Gasteiger partial charge in [0.05, 0.1) is 16.8 Å². The predicted octanol–water partition coefficient (Wildman–Crippen LogP) is 3.51. The van der Waals surface area contributed by atoms with Crippen LogP contribution in [0.25, 0.3) is 10.9 Å². The third-order valence-corrected chi connectivity index (χ3v) is 3.97. The average Bonchev–Trinajstić information content (AvgIpc) is 2.66. The molecule has 0 radical (unpaired) electrons. The van der Waals surface area contributed by atoms with Gasteiger partial charge in [0.25, 0.3) is 5.91 Å². The molecule has 0 saturated carbocycles. The molecule has 2 aromatic heterocycles. The van der Waals surface area contributed by atoms with E-state index in [1.165, 1.54) is 0 Å². The summed E-state index contributed by atoms with van der Waals surface area (Å²) in [6.45, 7) is 3.04. The lowest BCUT2D eigenvalue weighted by Gasteiger charge is -2.16. The van der Waals surface area contributed by atoms with Crippen LogP contribution in [0.4, 0.5) is 11.6 Å². The summed E-state index contributed by atoms with van der Waals surface area (Å²) in [6.07, 6.45) is 7.01. The summed E-state index contributed by atoms with van der Waals surface area (Å²) in [5.41, 5.74) is 1.85. The number of fused-ring (bicyclic) bond motifs is 1. The highest BCUT2D eigenvalue weighted by atomic mass is 16.1. The first kappa shape index (κ1) is 16.8. The molecule has 3 aromatic rings. The van der Waals surface area contributed by atoms with Crippen LogP contribution < -0.4 is 10.2 Å². The maximum atomic E-state index is 12.5. The Morgan fingerprint density at radius 3 is 2.64 bits per heavy atom. The molecule has 128 valence electrons. The summed E-state index contributed by atoms with van der Waals surface area (Å²) in [5.74, 6) is 0.373. The topological polar surface area (TPSA) is 71.0 Å². The van der Waals surface area contributed by atoms with Crippen molar-refractivity contribution in [2.45, 2.75) is 19.8 Å². The standard InChI is InChI=1S/C19H21N5O/c1-3-4-11-24(2)19-21-12-15(13-22-19)18(25)23-16-9-5-7-14-8-6-10-20-17(14)16/h5-10,12-13H,3-4,11H2,1-2H3,(H,23,25). The molecule has 6 nitrogen and oxygen atoms in total. The number of rotatable bonds is 6. The van der Waals surface area contributed by atoms with E-state index in [-0.39, 0.29) is 5.91 Å². The molecule has 3 rings (SSSR count). The summed E-state index contributed by atoms with van der Waals surface area (Å²) in [7, 11) is 1.95. The predicted molar refractivity (Wildman–Crippen MR) is 99.9 cm³/mol. The van der Waals surface area contributed by atoms with Crippen LogP contribution in [-0.2, 0) is 0 Å². The molecule has 6 heteroatoms. The molecule has 25 heavy (non-hydrogen) atoms. The van der Waals surface area contributed by atoms with E-state index in [0.29, 0.717) is 17.2 Å². The molecular weight excluding hydrogens is 314 g/mol. The van der Waals surface area contributed by atoms with Crippen molar-refractivity contribution in [1.82, 2.24) is 15.0 Å². The molecule has 1 amide bonds. The van der Waals surface area contributed by atoms with Crippen LogP contribution in [-0.4, -0.2) is 34.5 Å². The highest BCUT2D eigenvalue weighted by Crippen LogP contribution is 2.21. The Hall–Kier alpha value is -3.02. The number of benzene rings is 1. The summed E-state index contributed by atoms with van der Waals surface area (Å²) in [6, 6.07) is 9.52. The van der Waals surface area contributed by atoms with Crippen LogP contribution in [0.15, 0.2) is 48.9 Å². The SMILES string of the molecule is CCCCN(C)c1ncc(C(=O)Nc2cccc3cccnc23)cn1. The lowest BCUT2D eigenvalue weighted by Crippen LogP contribution is -2.21. The lowest BCUT2D eigenvalue weighted by molar-refractivity contribution is 0.102. The molecule has 1 aromatic carbocycles. The van der Waals surface area contributed by atoms with Crippen molar-refractivity contribution in [3.8, 4) is 0 Å². The van der Waals surface area contributed by atoms with E-state index in [9.17, 15) is 4.79 Å². The van der Waals surface area contributed by atoms with E-state index in [1.807, 2.05) is 42.3 Å². The van der Waals surface area contributed by atoms with E-state index >= 15 is 0 Å². The van der Waals surface area contributed by atoms with Crippen molar-refractivity contribution in [1.29, 1.82) is 0 Å². The monoisotopic (exact) mass is 335 g/mol. The number of pyridine rings is 1. The second kappa shape index (κ2) is 7.70. The maximum Gasteiger partial charge on any atom is 0.258 e. The number of aromatic nitrogens is 3. The van der Waals surface area contributed by atoms with Crippen molar-refractivity contribution in [3.63, 3.8) is 0 Å². The first-order chi connectivity index (χ1) is 12.2. The maximum absolute atomic E-state index is 12.5. The number of carbonyl (C=O) groups excluding carboxylic acids is 1. The van der Waals surface area contributed by atoms with E-state index in [0.717, 1.165) is 30.3 Å². The van der Waals surface area contributed by atoms with Gasteiger partial charge in [0.2, 0.25) is 5.95 Å². The molecule has 0 saturated heterocycles. The molecule has 0 fully saturated rings. The van der Waals surface area contributed by atoms with Gasteiger partial charge in [-0.05, 0) is 18.6 Å². The van der Waals surface area contributed by atoms with Crippen LogP contribution in [0.2, 0.25) is 0 Å². The van der Waals surface area contributed by atoms with Gasteiger partial charge in [0.15, 0.2) is 0 Å². The fourth-order valence-electron chi connectivity index (χ4n) is 2.53. The molecular formula is C19H21N5O. The van der Waals surface area contributed by atoms with Crippen LogP contribution in [0, 0.1) is 0 Å². The fraction of sp³-hybridized carbons (Fsp3) is 0.263. The highest BCUT2D eigenvalue weighted by Gasteiger charge is 2.11. The van der Waals surface area contributed by atoms with Crippen molar-refractivity contribution >= 4 is 28.4 Å². The highest BCUT2D eigenvalue weighted by molar-refractivity contribution is 6.08. The van der Waals surface area contributed by atoms with Gasteiger partial charge >= 0.3 is 0 Å². The molecule has 0 atom stereocenters. The first-order valence-electron chi connectivity index (χ1n) is 8.37. The first-order valence-corrected chi connectivity index (χ1v) is 8.37. The minimum atomic E-state index is -0.249. The number of unbranched alkanes of at least 4 members (excludes halogenated alkanes) is 1. The lowest BCUT2D eigenvalue weighted by atomic mass is 10.2. The van der Waals surface area contributed by atoms with Crippen LogP contribution in [0.1, 0.15) is 30.1 Å². The van der Waals surface area contributed by atoms with E-state index in [1.54, 1.807) is 18.6 Å². The Bertz CT molecular complexity index is 858. The second-order valence-electron chi connectivity index (χ2n) is 5.88. The Morgan fingerprint density at radius 2 is 1.88 bits per heavy atom. The van der Waals surface area contributed by atoms with Crippen molar-refractivity contribution in [3.05, 3.63) is 54.5 Å². The number of carbonyl (C=O) groups is 1. The number of anilines is 2. The van der Waals surface area contributed by atoms with E-state index < -0.39 is 0 Å². The van der Waals surface area contributed by atoms with Gasteiger partial charge < -0.3 is 10.2 Å². The smallest absolute Gasteiger partial charge is 0.258 e. The van der Waals surface area contributed by atoms with Gasteiger partial charge in [0, 0.05) is 37.6 Å². The molecule has 0 bridgehead atoms. The molecule has 1 N–H and O–H groups in total. The third kappa shape index (κ3) is 3.91. The number of para-hydroxylation sites is 1. The zero-order chi connectivity index (χ0) is 17.6. The van der Waals surface area contributed by atoms with Crippen molar-refractivity contribution in [2.24, 2.45) is 0 Å². The molecule has 2 heterocycles. The molecule has 0 aliphatic carbocycles. The van der Waals surface area contributed by atoms with E-state index in [4.69, 9.17) is 0 Å². The normalized spacial score (nSPS) is 10.6. The van der Waals surface area contributed by atoms with Gasteiger partial charge in [-0.1, -0.05) is 31.5 Å². The molecule has 0 spiro atoms. The quantitative estimate of drug-likeness (QED) is 0.746. The Kier molecular flexibility index (Phi) is 5.18. The largest absolute Gasteiger partial charge is 0.344 e. The minimum absolute atomic E-state index is 0.249. The van der Waals surface area contributed by atoms with Crippen LogP contribution in [0.3, 0.4) is 0 Å². The minimum Gasteiger partial charge on any atom is -0.344 e. The Labute approximate surface area is 146 Å². The number of nitrogens with one attached hydrogen (secondary N) is 1. The zero-order valence-corrected chi connectivity index (χ0v) is 14.4. The van der Waals surface area contributed by atoms with Gasteiger partial charge in [-0.2, -0.15) is 0 Å². The van der Waals surface area contributed by atoms with Crippen LogP contribution >= 0.6 is 0 Å². The third-order valence-electron chi connectivity index (χ3n) is 3.97. The number of nitrogens with zero attached hydrogens (tertiary/aromatic N) is 4. The second-order valence-corrected chi connectivity index (χ2v) is 5.88. The molecule has 0 unspecified atom stereocenters. The summed E-state index contributed by atoms with van der Waals surface area (Å²) < 4.78 is 0. The zero-order valence-electron chi connectivity index (χ0n) is 14.4. The molecule has 0 aliphatic rings. The van der Waals surface area contributed by atoms with Gasteiger partial charge in [-0.25, -0.2) is 9.97 Å². The summed E-state index contributed by atoms with van der Waals surface area (Å²) in [5, 5.41) is 3.87. The number of hydrogen-bond acceptors (Lipinski definition) is 5. The van der Waals surface area contributed by atoms with Crippen molar-refractivity contribution in [2.75, 3.05) is 23.8 Å².